The number of hydrogen-bond donors (Lipinski definition) is 1. The predicted octanol–water partition coefficient (Wildman–Crippen LogP) is 2.85. The number of methoxy groups -OCH3 is 1. The van der Waals surface area contributed by atoms with Gasteiger partial charge in [0.1, 0.15) is 11.9 Å². The van der Waals surface area contributed by atoms with E-state index in [-0.39, 0.29) is 16.5 Å². The molecule has 1 heterocycles. The molecule has 124 valence electrons. The van der Waals surface area contributed by atoms with Crippen molar-refractivity contribution < 1.29 is 18.4 Å². The summed E-state index contributed by atoms with van der Waals surface area (Å²) in [5.41, 5.74) is 0.420. The van der Waals surface area contributed by atoms with E-state index in [0.29, 0.717) is 24.4 Å². The highest BCUT2D eigenvalue weighted by molar-refractivity contribution is 6.34. The summed E-state index contributed by atoms with van der Waals surface area (Å²) in [6, 6.07) is 2.14. The second-order valence-electron chi connectivity index (χ2n) is 5.04. The number of rotatable bonds is 6. The highest BCUT2D eigenvalue weighted by atomic mass is 35.5. The lowest BCUT2D eigenvalue weighted by molar-refractivity contribution is 0.0928. The Morgan fingerprint density at radius 1 is 1.52 bits per heavy atom. The van der Waals surface area contributed by atoms with Crippen LogP contribution in [0.3, 0.4) is 0 Å². The van der Waals surface area contributed by atoms with Gasteiger partial charge in [-0.15, -0.1) is 0 Å². The molecule has 1 aromatic heterocycles. The van der Waals surface area contributed by atoms with Crippen LogP contribution in [0.1, 0.15) is 40.6 Å². The van der Waals surface area contributed by atoms with E-state index in [2.05, 4.69) is 15.5 Å². The van der Waals surface area contributed by atoms with Crippen molar-refractivity contribution in [1.82, 2.24) is 15.5 Å². The van der Waals surface area contributed by atoms with Crippen LogP contribution in [-0.2, 0) is 11.2 Å². The van der Waals surface area contributed by atoms with Crippen LogP contribution in [0.25, 0.3) is 0 Å². The third-order valence-corrected chi connectivity index (χ3v) is 3.73. The van der Waals surface area contributed by atoms with Crippen LogP contribution in [0, 0.1) is 12.7 Å². The van der Waals surface area contributed by atoms with Gasteiger partial charge in [0.15, 0.2) is 5.82 Å². The lowest BCUT2D eigenvalue weighted by atomic mass is 10.1. The van der Waals surface area contributed by atoms with Gasteiger partial charge in [-0.05, 0) is 25.5 Å². The van der Waals surface area contributed by atoms with Crippen LogP contribution < -0.4 is 5.32 Å². The van der Waals surface area contributed by atoms with E-state index in [1.165, 1.54) is 12.1 Å². The number of hydrogen-bond acceptors (Lipinski definition) is 5. The molecule has 23 heavy (non-hydrogen) atoms. The topological polar surface area (TPSA) is 77.3 Å². The van der Waals surface area contributed by atoms with Crippen molar-refractivity contribution in [1.29, 1.82) is 0 Å². The highest BCUT2D eigenvalue weighted by Gasteiger charge is 2.22. The van der Waals surface area contributed by atoms with Gasteiger partial charge < -0.3 is 14.6 Å². The summed E-state index contributed by atoms with van der Waals surface area (Å²) >= 11 is 6.02. The largest absolute Gasteiger partial charge is 0.384 e. The Morgan fingerprint density at radius 2 is 2.26 bits per heavy atom. The molecule has 6 nitrogen and oxygen atoms in total. The summed E-state index contributed by atoms with van der Waals surface area (Å²) in [6.07, 6.45) is 0.499. The van der Waals surface area contributed by atoms with Crippen molar-refractivity contribution in [2.45, 2.75) is 26.3 Å². The number of ether oxygens (including phenoxy) is 1. The first-order chi connectivity index (χ1) is 10.9. The standard InChI is InChI=1S/C15H17ClFN3O3/c1-8-4-5-10(17)12(13(8)16)14(21)18-9(2)15-19-11(20-23-15)6-7-22-3/h4-5,9H,6-7H2,1-3H3,(H,18,21)/t9-/m1/s1. The minimum absolute atomic E-state index is 0.0843. The van der Waals surface area contributed by atoms with E-state index in [1.54, 1.807) is 21.0 Å². The van der Waals surface area contributed by atoms with E-state index >= 15 is 0 Å². The fourth-order valence-electron chi connectivity index (χ4n) is 1.93. The lowest BCUT2D eigenvalue weighted by Crippen LogP contribution is -2.28. The molecule has 1 atom stereocenters. The van der Waals surface area contributed by atoms with Crippen LogP contribution in [0.4, 0.5) is 4.39 Å². The van der Waals surface area contributed by atoms with Crippen molar-refractivity contribution in [2.75, 3.05) is 13.7 Å². The second-order valence-corrected chi connectivity index (χ2v) is 5.42. The number of carbonyl (C=O) groups excluding carboxylic acids is 1. The number of nitrogens with one attached hydrogen (secondary N) is 1. The Bertz CT molecular complexity index is 705. The number of halogens is 2. The number of nitrogens with zero attached hydrogens (tertiary/aromatic N) is 2. The minimum atomic E-state index is -0.684. The van der Waals surface area contributed by atoms with Gasteiger partial charge in [-0.1, -0.05) is 22.8 Å². The first kappa shape index (κ1) is 17.4. The Morgan fingerprint density at radius 3 is 2.96 bits per heavy atom. The zero-order valence-electron chi connectivity index (χ0n) is 13.0. The molecule has 1 N–H and O–H groups in total. The Hall–Kier alpha value is -1.99. The van der Waals surface area contributed by atoms with Crippen molar-refractivity contribution in [3.05, 3.63) is 45.8 Å². The number of amides is 1. The Balaban J connectivity index is 2.11. The molecule has 8 heteroatoms. The number of carbonyl (C=O) groups is 1. The van der Waals surface area contributed by atoms with E-state index in [9.17, 15) is 9.18 Å². The minimum Gasteiger partial charge on any atom is -0.384 e. The lowest BCUT2D eigenvalue weighted by Gasteiger charge is -2.12. The molecule has 0 bridgehead atoms. The molecule has 0 unspecified atom stereocenters. The highest BCUT2D eigenvalue weighted by Crippen LogP contribution is 2.24. The van der Waals surface area contributed by atoms with Crippen molar-refractivity contribution >= 4 is 17.5 Å². The maximum Gasteiger partial charge on any atom is 0.256 e. The summed E-state index contributed by atoms with van der Waals surface area (Å²) in [6.45, 7) is 3.82. The van der Waals surface area contributed by atoms with Crippen molar-refractivity contribution in [2.24, 2.45) is 0 Å². The van der Waals surface area contributed by atoms with Gasteiger partial charge in [0.25, 0.3) is 5.91 Å². The van der Waals surface area contributed by atoms with E-state index in [4.69, 9.17) is 20.9 Å². The normalized spacial score (nSPS) is 12.2. The summed E-state index contributed by atoms with van der Waals surface area (Å²) in [4.78, 5) is 16.4. The average Bonchev–Trinajstić information content (AvgIpc) is 2.98. The second kappa shape index (κ2) is 7.52. The molecule has 2 aromatic rings. The first-order valence-electron chi connectivity index (χ1n) is 7.01. The predicted molar refractivity (Wildman–Crippen MR) is 81.9 cm³/mol. The number of aromatic nitrogens is 2. The maximum absolute atomic E-state index is 13.9. The first-order valence-corrected chi connectivity index (χ1v) is 7.38. The molecular formula is C15H17ClFN3O3. The fourth-order valence-corrected chi connectivity index (χ4v) is 2.17. The molecule has 0 aliphatic rings. The third kappa shape index (κ3) is 4.05. The molecule has 0 aliphatic carbocycles. The van der Waals surface area contributed by atoms with Crippen molar-refractivity contribution in [3.8, 4) is 0 Å². The van der Waals surface area contributed by atoms with Gasteiger partial charge in [0.2, 0.25) is 5.89 Å². The average molecular weight is 342 g/mol. The van der Waals surface area contributed by atoms with Crippen LogP contribution in [0.2, 0.25) is 5.02 Å². The molecule has 0 aliphatic heterocycles. The molecular weight excluding hydrogens is 325 g/mol. The van der Waals surface area contributed by atoms with Crippen molar-refractivity contribution in [3.63, 3.8) is 0 Å². The van der Waals surface area contributed by atoms with Gasteiger partial charge in [0, 0.05) is 13.5 Å². The van der Waals surface area contributed by atoms with Crippen LogP contribution in [0.15, 0.2) is 16.7 Å². The monoisotopic (exact) mass is 341 g/mol. The maximum atomic E-state index is 13.9. The van der Waals surface area contributed by atoms with E-state index < -0.39 is 17.8 Å². The molecule has 0 saturated carbocycles. The van der Waals surface area contributed by atoms with E-state index in [1.807, 2.05) is 0 Å². The van der Waals surface area contributed by atoms with Crippen LogP contribution >= 0.6 is 11.6 Å². The molecule has 0 saturated heterocycles. The summed E-state index contributed by atoms with van der Waals surface area (Å²) < 4.78 is 23.9. The summed E-state index contributed by atoms with van der Waals surface area (Å²) in [5, 5.41) is 6.47. The van der Waals surface area contributed by atoms with Crippen LogP contribution in [0.5, 0.6) is 0 Å². The zero-order valence-corrected chi connectivity index (χ0v) is 13.8. The molecule has 0 radical (unpaired) electrons. The molecule has 2 rings (SSSR count). The van der Waals surface area contributed by atoms with Gasteiger partial charge >= 0.3 is 0 Å². The molecule has 0 fully saturated rings. The third-order valence-electron chi connectivity index (χ3n) is 3.24. The van der Waals surface area contributed by atoms with Gasteiger partial charge in [-0.2, -0.15) is 4.98 Å². The SMILES string of the molecule is COCCc1noc([C@@H](C)NC(=O)c2c(F)ccc(C)c2Cl)n1. The zero-order chi connectivity index (χ0) is 17.0. The molecule has 1 amide bonds. The smallest absolute Gasteiger partial charge is 0.256 e. The van der Waals surface area contributed by atoms with Gasteiger partial charge in [0.05, 0.1) is 17.2 Å². The van der Waals surface area contributed by atoms with Crippen LogP contribution in [-0.4, -0.2) is 29.8 Å². The van der Waals surface area contributed by atoms with Gasteiger partial charge in [-0.3, -0.25) is 4.79 Å². The molecule has 0 spiro atoms. The quantitative estimate of drug-likeness (QED) is 0.874. The Labute approximate surface area is 138 Å². The summed E-state index contributed by atoms with van der Waals surface area (Å²) in [5.74, 6) is -0.617. The Kier molecular flexibility index (Phi) is 5.68. The van der Waals surface area contributed by atoms with E-state index in [0.717, 1.165) is 0 Å². The summed E-state index contributed by atoms with van der Waals surface area (Å²) in [7, 11) is 1.57. The molecule has 1 aromatic carbocycles. The number of aryl methyl sites for hydroxylation is 1. The van der Waals surface area contributed by atoms with Gasteiger partial charge in [-0.25, -0.2) is 4.39 Å². The number of benzene rings is 1. The fraction of sp³-hybridized carbons (Fsp3) is 0.400.